The van der Waals surface area contributed by atoms with E-state index in [0.29, 0.717) is 36.2 Å². The van der Waals surface area contributed by atoms with E-state index in [1.165, 1.54) is 31.4 Å². The van der Waals surface area contributed by atoms with Gasteiger partial charge in [-0.05, 0) is 76.9 Å². The van der Waals surface area contributed by atoms with E-state index in [-0.39, 0.29) is 10.7 Å². The second-order valence-electron chi connectivity index (χ2n) is 8.12. The van der Waals surface area contributed by atoms with Gasteiger partial charge in [0.05, 0.1) is 17.1 Å². The van der Waals surface area contributed by atoms with Crippen LogP contribution in [0.1, 0.15) is 43.5 Å². The van der Waals surface area contributed by atoms with Crippen molar-refractivity contribution < 1.29 is 12.8 Å². The van der Waals surface area contributed by atoms with Gasteiger partial charge in [0.25, 0.3) is 0 Å². The quantitative estimate of drug-likeness (QED) is 0.762. The van der Waals surface area contributed by atoms with Crippen LogP contribution in [0.2, 0.25) is 0 Å². The molecule has 2 aliphatic rings. The highest BCUT2D eigenvalue weighted by Crippen LogP contribution is 2.29. The fraction of sp³-hybridized carbons (Fsp3) is 0.571. The van der Waals surface area contributed by atoms with Crippen LogP contribution in [0, 0.1) is 19.7 Å². The lowest BCUT2D eigenvalue weighted by Crippen LogP contribution is -2.48. The molecule has 8 heteroatoms. The maximum atomic E-state index is 13.4. The zero-order chi connectivity index (χ0) is 20.6. The third-order valence-electron chi connectivity index (χ3n) is 6.22. The van der Waals surface area contributed by atoms with Crippen LogP contribution in [0.5, 0.6) is 0 Å². The topological polar surface area (TPSA) is 58.4 Å². The Bertz CT molecular complexity index is 957. The highest BCUT2D eigenvalue weighted by molar-refractivity contribution is 7.89. The zero-order valence-electron chi connectivity index (χ0n) is 17.1. The first-order valence-corrected chi connectivity index (χ1v) is 11.9. The average molecular weight is 421 g/mol. The molecule has 0 N–H and O–H groups in total. The summed E-state index contributed by atoms with van der Waals surface area (Å²) in [5.41, 5.74) is 1.69. The molecule has 29 heavy (non-hydrogen) atoms. The van der Waals surface area contributed by atoms with Crippen LogP contribution in [0.3, 0.4) is 0 Å². The SMILES string of the molecule is Cc1nn(-c2ccc(F)cc2)c(C)c1S(=O)(=O)N1CCC(N2CCCCC2)CC1. The molecule has 0 aliphatic carbocycles. The minimum Gasteiger partial charge on any atom is -0.300 e. The molecular formula is C21H29FN4O2S. The number of sulfonamides is 1. The Kier molecular flexibility index (Phi) is 5.77. The number of rotatable bonds is 4. The van der Waals surface area contributed by atoms with E-state index >= 15 is 0 Å². The Hall–Kier alpha value is -1.77. The Morgan fingerprint density at radius 2 is 1.59 bits per heavy atom. The molecule has 2 aliphatic heterocycles. The first-order chi connectivity index (χ1) is 13.9. The van der Waals surface area contributed by atoms with Gasteiger partial charge in [-0.1, -0.05) is 6.42 Å². The van der Waals surface area contributed by atoms with Gasteiger partial charge in [-0.15, -0.1) is 0 Å². The van der Waals surface area contributed by atoms with Gasteiger partial charge < -0.3 is 4.90 Å². The Morgan fingerprint density at radius 1 is 0.966 bits per heavy atom. The minimum absolute atomic E-state index is 0.276. The highest BCUT2D eigenvalue weighted by Gasteiger charge is 2.35. The molecule has 0 radical (unpaired) electrons. The molecule has 1 aromatic heterocycles. The van der Waals surface area contributed by atoms with Gasteiger partial charge in [0.1, 0.15) is 10.7 Å². The van der Waals surface area contributed by atoms with Crippen LogP contribution >= 0.6 is 0 Å². The molecule has 2 fully saturated rings. The normalized spacial score (nSPS) is 20.2. The summed E-state index contributed by atoms with van der Waals surface area (Å²) in [6.07, 6.45) is 5.56. The highest BCUT2D eigenvalue weighted by atomic mass is 32.2. The van der Waals surface area contributed by atoms with E-state index in [1.807, 2.05) is 0 Å². The van der Waals surface area contributed by atoms with Crippen molar-refractivity contribution in [2.75, 3.05) is 26.2 Å². The predicted molar refractivity (Wildman–Crippen MR) is 110 cm³/mol. The van der Waals surface area contributed by atoms with Crippen molar-refractivity contribution in [2.45, 2.75) is 56.9 Å². The Labute approximate surface area is 172 Å². The number of piperidine rings is 2. The maximum absolute atomic E-state index is 13.4. The fourth-order valence-electron chi connectivity index (χ4n) is 4.70. The van der Waals surface area contributed by atoms with E-state index in [9.17, 15) is 12.8 Å². The summed E-state index contributed by atoms with van der Waals surface area (Å²) < 4.78 is 43.3. The van der Waals surface area contributed by atoms with Crippen LogP contribution < -0.4 is 0 Å². The van der Waals surface area contributed by atoms with Crippen molar-refractivity contribution in [1.82, 2.24) is 19.0 Å². The number of benzene rings is 1. The lowest BCUT2D eigenvalue weighted by atomic mass is 10.0. The second-order valence-corrected chi connectivity index (χ2v) is 9.99. The smallest absolute Gasteiger partial charge is 0.246 e. The molecule has 0 atom stereocenters. The molecule has 0 amide bonds. The first-order valence-electron chi connectivity index (χ1n) is 10.4. The Morgan fingerprint density at radius 3 is 2.21 bits per heavy atom. The monoisotopic (exact) mass is 420 g/mol. The molecule has 1 aromatic carbocycles. The number of aromatic nitrogens is 2. The summed E-state index contributed by atoms with van der Waals surface area (Å²) in [5, 5.41) is 4.44. The second kappa shape index (κ2) is 8.16. The largest absolute Gasteiger partial charge is 0.300 e. The van der Waals surface area contributed by atoms with Crippen LogP contribution in [0.25, 0.3) is 5.69 Å². The predicted octanol–water partition coefficient (Wildman–Crippen LogP) is 3.27. The van der Waals surface area contributed by atoms with Crippen molar-refractivity contribution in [1.29, 1.82) is 0 Å². The summed E-state index contributed by atoms with van der Waals surface area (Å²) in [4.78, 5) is 2.81. The number of nitrogens with zero attached hydrogens (tertiary/aromatic N) is 4. The molecule has 0 bridgehead atoms. The Balaban J connectivity index is 1.54. The molecule has 0 saturated carbocycles. The van der Waals surface area contributed by atoms with Crippen molar-refractivity contribution in [3.8, 4) is 5.69 Å². The van der Waals surface area contributed by atoms with Crippen LogP contribution in [-0.2, 0) is 10.0 Å². The third-order valence-corrected chi connectivity index (χ3v) is 8.38. The van der Waals surface area contributed by atoms with E-state index < -0.39 is 10.0 Å². The standard InChI is InChI=1S/C21H29FN4O2S/c1-16-21(17(2)26(23-16)20-8-6-18(22)7-9-20)29(27,28)25-14-10-19(11-15-25)24-12-4-3-5-13-24/h6-9,19H,3-5,10-15H2,1-2H3. The van der Waals surface area contributed by atoms with Gasteiger partial charge in [-0.25, -0.2) is 17.5 Å². The van der Waals surface area contributed by atoms with Crippen LogP contribution in [0.15, 0.2) is 29.2 Å². The van der Waals surface area contributed by atoms with Crippen molar-refractivity contribution >= 4 is 10.0 Å². The number of hydrogen-bond donors (Lipinski definition) is 0. The summed E-state index contributed by atoms with van der Waals surface area (Å²) in [5.74, 6) is -0.334. The van der Waals surface area contributed by atoms with Crippen molar-refractivity contribution in [2.24, 2.45) is 0 Å². The molecule has 4 rings (SSSR count). The number of aryl methyl sites for hydroxylation is 1. The van der Waals surface area contributed by atoms with E-state index in [0.717, 1.165) is 25.9 Å². The molecule has 0 unspecified atom stereocenters. The molecule has 3 heterocycles. The van der Waals surface area contributed by atoms with E-state index in [4.69, 9.17) is 0 Å². The number of hydrogen-bond acceptors (Lipinski definition) is 4. The van der Waals surface area contributed by atoms with Gasteiger partial charge in [-0.3, -0.25) is 0 Å². The molecule has 158 valence electrons. The summed E-state index contributed by atoms with van der Waals surface area (Å²) in [6, 6.07) is 6.41. The lowest BCUT2D eigenvalue weighted by Gasteiger charge is -2.39. The van der Waals surface area contributed by atoms with Crippen molar-refractivity contribution in [3.05, 3.63) is 41.5 Å². The first kappa shape index (κ1) is 20.5. The van der Waals surface area contributed by atoms with E-state index in [1.54, 1.807) is 35.0 Å². The van der Waals surface area contributed by atoms with Gasteiger partial charge in [0.2, 0.25) is 10.0 Å². The number of likely N-dealkylation sites (tertiary alicyclic amines) is 1. The van der Waals surface area contributed by atoms with Gasteiger partial charge in [0.15, 0.2) is 0 Å². The van der Waals surface area contributed by atoms with E-state index in [2.05, 4.69) is 10.00 Å². The van der Waals surface area contributed by atoms with Crippen LogP contribution in [0.4, 0.5) is 4.39 Å². The van der Waals surface area contributed by atoms with Crippen LogP contribution in [-0.4, -0.2) is 59.6 Å². The molecule has 0 spiro atoms. The summed E-state index contributed by atoms with van der Waals surface area (Å²) >= 11 is 0. The zero-order valence-corrected chi connectivity index (χ0v) is 18.0. The van der Waals surface area contributed by atoms with Gasteiger partial charge in [0, 0.05) is 19.1 Å². The third kappa shape index (κ3) is 3.98. The molecular weight excluding hydrogens is 391 g/mol. The van der Waals surface area contributed by atoms with Gasteiger partial charge in [-0.2, -0.15) is 9.40 Å². The van der Waals surface area contributed by atoms with Crippen molar-refractivity contribution in [3.63, 3.8) is 0 Å². The maximum Gasteiger partial charge on any atom is 0.246 e. The lowest BCUT2D eigenvalue weighted by molar-refractivity contribution is 0.118. The number of halogens is 1. The molecule has 6 nitrogen and oxygen atoms in total. The molecule has 2 aromatic rings. The fourth-order valence-corrected chi connectivity index (χ4v) is 6.52. The summed E-state index contributed by atoms with van der Waals surface area (Å²) in [6.45, 7) is 6.85. The average Bonchev–Trinajstić information content (AvgIpc) is 3.04. The molecule has 2 saturated heterocycles. The summed E-state index contributed by atoms with van der Waals surface area (Å²) in [7, 11) is -3.62. The minimum atomic E-state index is -3.62. The van der Waals surface area contributed by atoms with Gasteiger partial charge >= 0.3 is 0 Å².